The van der Waals surface area contributed by atoms with Gasteiger partial charge < -0.3 is 15.0 Å². The first-order valence-corrected chi connectivity index (χ1v) is 11.4. The van der Waals surface area contributed by atoms with Crippen molar-refractivity contribution in [1.29, 1.82) is 0 Å². The van der Waals surface area contributed by atoms with Crippen LogP contribution in [0.1, 0.15) is 57.4 Å². The Balaban J connectivity index is 1.55. The van der Waals surface area contributed by atoms with E-state index >= 15 is 0 Å². The summed E-state index contributed by atoms with van der Waals surface area (Å²) in [5, 5.41) is 2.92. The number of benzene rings is 1. The van der Waals surface area contributed by atoms with Crippen LogP contribution >= 0.6 is 0 Å². The quantitative estimate of drug-likeness (QED) is 0.732. The molecule has 0 aromatic heterocycles. The lowest BCUT2D eigenvalue weighted by molar-refractivity contribution is -0.134. The molecule has 3 aliphatic rings. The predicted octanol–water partition coefficient (Wildman–Crippen LogP) is 4.16. The SMILES string of the molecule is CCCCNC(=O)O[C@@H]1C[C@@H]2CCN3C(=O)CCC[C@H]([C@H]1Cc1ccccc1)[C@H]23. The second kappa shape index (κ2) is 9.19. The zero-order valence-corrected chi connectivity index (χ0v) is 17.5. The Kier molecular flexibility index (Phi) is 6.41. The number of carbonyl (C=O) groups excluding carboxylic acids is 2. The van der Waals surface area contributed by atoms with Crippen molar-refractivity contribution in [3.05, 3.63) is 35.9 Å². The third-order valence-corrected chi connectivity index (χ3v) is 7.21. The topological polar surface area (TPSA) is 58.6 Å². The van der Waals surface area contributed by atoms with Crippen LogP contribution in [0.15, 0.2) is 30.3 Å². The van der Waals surface area contributed by atoms with Gasteiger partial charge in [0.25, 0.3) is 0 Å². The molecular weight excluding hydrogens is 364 g/mol. The Morgan fingerprint density at radius 1 is 1.24 bits per heavy atom. The van der Waals surface area contributed by atoms with E-state index in [1.54, 1.807) is 0 Å². The lowest BCUT2D eigenvalue weighted by Crippen LogP contribution is -2.52. The van der Waals surface area contributed by atoms with Gasteiger partial charge in [0.05, 0.1) is 0 Å². The van der Waals surface area contributed by atoms with E-state index in [0.717, 1.165) is 51.5 Å². The molecular formula is C24H34N2O3. The summed E-state index contributed by atoms with van der Waals surface area (Å²) in [6.07, 6.45) is 7.17. The molecule has 158 valence electrons. The summed E-state index contributed by atoms with van der Waals surface area (Å²) < 4.78 is 6.04. The van der Waals surface area contributed by atoms with Crippen molar-refractivity contribution >= 4 is 12.0 Å². The normalized spacial score (nSPS) is 31.1. The summed E-state index contributed by atoms with van der Waals surface area (Å²) in [5.74, 6) is 1.47. The van der Waals surface area contributed by atoms with Crippen LogP contribution in [0.5, 0.6) is 0 Å². The molecule has 2 amide bonds. The molecule has 1 saturated carbocycles. The van der Waals surface area contributed by atoms with Gasteiger partial charge >= 0.3 is 6.09 Å². The zero-order valence-electron chi connectivity index (χ0n) is 17.5. The number of nitrogens with zero attached hydrogens (tertiary/aromatic N) is 1. The molecule has 2 heterocycles. The van der Waals surface area contributed by atoms with Crippen LogP contribution in [-0.2, 0) is 16.0 Å². The molecule has 5 atom stereocenters. The molecule has 1 aromatic rings. The maximum Gasteiger partial charge on any atom is 0.407 e. The monoisotopic (exact) mass is 398 g/mol. The third-order valence-electron chi connectivity index (χ3n) is 7.21. The third kappa shape index (κ3) is 4.44. The minimum Gasteiger partial charge on any atom is -0.446 e. The minimum absolute atomic E-state index is 0.0729. The number of hydrogen-bond donors (Lipinski definition) is 1. The van der Waals surface area contributed by atoms with Crippen LogP contribution in [-0.4, -0.2) is 42.1 Å². The molecule has 29 heavy (non-hydrogen) atoms. The van der Waals surface area contributed by atoms with Crippen molar-refractivity contribution in [2.24, 2.45) is 17.8 Å². The van der Waals surface area contributed by atoms with Gasteiger partial charge in [0.1, 0.15) is 6.10 Å². The van der Waals surface area contributed by atoms with Crippen LogP contribution < -0.4 is 5.32 Å². The van der Waals surface area contributed by atoms with E-state index in [0.29, 0.717) is 36.8 Å². The largest absolute Gasteiger partial charge is 0.446 e. The fourth-order valence-electron chi connectivity index (χ4n) is 5.88. The van der Waals surface area contributed by atoms with Gasteiger partial charge in [-0.2, -0.15) is 0 Å². The summed E-state index contributed by atoms with van der Waals surface area (Å²) in [4.78, 5) is 27.3. The van der Waals surface area contributed by atoms with Gasteiger partial charge in [0.15, 0.2) is 0 Å². The Hall–Kier alpha value is -2.04. The summed E-state index contributed by atoms with van der Waals surface area (Å²) in [6.45, 7) is 3.66. The van der Waals surface area contributed by atoms with E-state index in [-0.39, 0.29) is 18.1 Å². The summed E-state index contributed by atoms with van der Waals surface area (Å²) >= 11 is 0. The van der Waals surface area contributed by atoms with E-state index in [2.05, 4.69) is 41.4 Å². The zero-order chi connectivity index (χ0) is 20.2. The van der Waals surface area contributed by atoms with Gasteiger partial charge in [0.2, 0.25) is 5.91 Å². The second-order valence-corrected chi connectivity index (χ2v) is 9.00. The van der Waals surface area contributed by atoms with Crippen LogP contribution in [0.25, 0.3) is 0 Å². The van der Waals surface area contributed by atoms with Gasteiger partial charge in [-0.25, -0.2) is 4.79 Å². The number of alkyl carbamates (subject to hydrolysis) is 1. The Morgan fingerprint density at radius 2 is 2.07 bits per heavy atom. The van der Waals surface area contributed by atoms with Gasteiger partial charge in [-0.15, -0.1) is 0 Å². The maximum absolute atomic E-state index is 12.6. The van der Waals surface area contributed by atoms with E-state index in [4.69, 9.17) is 4.74 Å². The molecule has 0 unspecified atom stereocenters. The first kappa shape index (κ1) is 20.2. The Labute approximate surface area is 174 Å². The predicted molar refractivity (Wildman–Crippen MR) is 112 cm³/mol. The van der Waals surface area contributed by atoms with E-state index in [1.807, 2.05) is 6.07 Å². The standard InChI is InChI=1S/C24H34N2O3/c1-2-3-13-25-24(28)29-21-16-18-12-14-26-22(27)11-7-10-19(23(18)26)20(21)15-17-8-5-4-6-9-17/h4-6,8-9,18-21,23H,2-3,7,10-16H2,1H3,(H,25,28)/t18-,19+,20+,21+,23-/m0/s1. The van der Waals surface area contributed by atoms with Gasteiger partial charge in [-0.3, -0.25) is 4.79 Å². The molecule has 4 rings (SSSR count). The molecule has 1 N–H and O–H groups in total. The number of nitrogens with one attached hydrogen (secondary N) is 1. The van der Waals surface area contributed by atoms with Crippen molar-refractivity contribution in [2.45, 2.75) is 70.4 Å². The lowest BCUT2D eigenvalue weighted by atomic mass is 9.66. The van der Waals surface area contributed by atoms with Gasteiger partial charge in [-0.1, -0.05) is 43.7 Å². The average molecular weight is 399 g/mol. The Bertz CT molecular complexity index is 707. The van der Waals surface area contributed by atoms with E-state index in [9.17, 15) is 9.59 Å². The average Bonchev–Trinajstić information content (AvgIpc) is 3.06. The van der Waals surface area contributed by atoms with Gasteiger partial charge in [0, 0.05) is 31.5 Å². The minimum atomic E-state index is -0.278. The van der Waals surface area contributed by atoms with Crippen LogP contribution in [0, 0.1) is 17.8 Å². The molecule has 3 fully saturated rings. The summed E-state index contributed by atoms with van der Waals surface area (Å²) in [6, 6.07) is 10.9. The highest BCUT2D eigenvalue weighted by molar-refractivity contribution is 5.77. The molecule has 0 spiro atoms. The highest BCUT2D eigenvalue weighted by Gasteiger charge is 2.52. The van der Waals surface area contributed by atoms with E-state index in [1.165, 1.54) is 5.56 Å². The molecule has 1 aromatic carbocycles. The first-order chi connectivity index (χ1) is 14.2. The lowest BCUT2D eigenvalue weighted by Gasteiger charge is -2.46. The van der Waals surface area contributed by atoms with Gasteiger partial charge in [-0.05, 0) is 55.9 Å². The molecule has 0 bridgehead atoms. The summed E-state index contributed by atoms with van der Waals surface area (Å²) in [7, 11) is 0. The molecule has 2 saturated heterocycles. The highest BCUT2D eigenvalue weighted by atomic mass is 16.6. The molecule has 2 aliphatic heterocycles. The fraction of sp³-hybridized carbons (Fsp3) is 0.667. The van der Waals surface area contributed by atoms with Crippen molar-refractivity contribution in [3.8, 4) is 0 Å². The molecule has 5 nitrogen and oxygen atoms in total. The van der Waals surface area contributed by atoms with E-state index < -0.39 is 0 Å². The number of unbranched alkanes of at least 4 members (excludes halogenated alkanes) is 1. The summed E-state index contributed by atoms with van der Waals surface area (Å²) in [5.41, 5.74) is 1.29. The number of carbonyl (C=O) groups is 2. The van der Waals surface area contributed by atoms with Crippen molar-refractivity contribution < 1.29 is 14.3 Å². The Morgan fingerprint density at radius 3 is 2.86 bits per heavy atom. The number of rotatable bonds is 6. The number of amides is 2. The second-order valence-electron chi connectivity index (χ2n) is 9.00. The van der Waals surface area contributed by atoms with Crippen molar-refractivity contribution in [1.82, 2.24) is 10.2 Å². The smallest absolute Gasteiger partial charge is 0.407 e. The molecule has 1 aliphatic carbocycles. The molecule has 5 heteroatoms. The highest BCUT2D eigenvalue weighted by Crippen LogP contribution is 2.48. The number of ether oxygens (including phenoxy) is 1. The maximum atomic E-state index is 12.6. The molecule has 0 radical (unpaired) electrons. The fourth-order valence-corrected chi connectivity index (χ4v) is 5.88. The van der Waals surface area contributed by atoms with Crippen LogP contribution in [0.3, 0.4) is 0 Å². The number of hydrogen-bond acceptors (Lipinski definition) is 3. The van der Waals surface area contributed by atoms with Crippen LogP contribution in [0.2, 0.25) is 0 Å². The van der Waals surface area contributed by atoms with Crippen molar-refractivity contribution in [2.75, 3.05) is 13.1 Å². The van der Waals surface area contributed by atoms with Crippen LogP contribution in [0.4, 0.5) is 4.79 Å². The van der Waals surface area contributed by atoms with Crippen molar-refractivity contribution in [3.63, 3.8) is 0 Å². The first-order valence-electron chi connectivity index (χ1n) is 11.4.